The van der Waals surface area contributed by atoms with Crippen LogP contribution in [0.4, 0.5) is 4.79 Å². The first-order valence-corrected chi connectivity index (χ1v) is 7.44. The summed E-state index contributed by atoms with van der Waals surface area (Å²) in [6.45, 7) is 2.93. The zero-order valence-electron chi connectivity index (χ0n) is 12.0. The Labute approximate surface area is 119 Å². The first kappa shape index (κ1) is 15.1. The van der Waals surface area contributed by atoms with Gasteiger partial charge in [0, 0.05) is 25.7 Å². The molecule has 1 saturated carbocycles. The number of aliphatic carboxylic acids is 1. The van der Waals surface area contributed by atoms with Crippen LogP contribution in [0, 0.1) is 5.41 Å². The number of urea groups is 1. The van der Waals surface area contributed by atoms with E-state index in [1.807, 2.05) is 6.92 Å². The van der Waals surface area contributed by atoms with Gasteiger partial charge in [0.25, 0.3) is 0 Å². The molecule has 2 aliphatic rings. The highest BCUT2D eigenvalue weighted by molar-refractivity contribution is 5.80. The number of amides is 2. The lowest BCUT2D eigenvalue weighted by Crippen LogP contribution is -2.51. The Morgan fingerprint density at radius 2 is 2.10 bits per heavy atom. The van der Waals surface area contributed by atoms with Crippen molar-refractivity contribution in [3.8, 4) is 0 Å². The Morgan fingerprint density at radius 3 is 2.50 bits per heavy atom. The van der Waals surface area contributed by atoms with E-state index in [2.05, 4.69) is 0 Å². The third kappa shape index (κ3) is 2.61. The van der Waals surface area contributed by atoms with Crippen LogP contribution in [0.15, 0.2) is 0 Å². The maximum atomic E-state index is 12.5. The van der Waals surface area contributed by atoms with Gasteiger partial charge in [0.15, 0.2) is 0 Å². The fraction of sp³-hybridized carbons (Fsp3) is 0.857. The topological polar surface area (TPSA) is 81.1 Å². The predicted molar refractivity (Wildman–Crippen MR) is 73.4 cm³/mol. The average Bonchev–Trinajstić information content (AvgIpc) is 2.81. The van der Waals surface area contributed by atoms with Crippen molar-refractivity contribution in [2.45, 2.75) is 45.1 Å². The van der Waals surface area contributed by atoms with E-state index in [0.29, 0.717) is 25.9 Å². The van der Waals surface area contributed by atoms with E-state index in [0.717, 1.165) is 19.3 Å². The van der Waals surface area contributed by atoms with Crippen LogP contribution < -0.4 is 0 Å². The summed E-state index contributed by atoms with van der Waals surface area (Å²) in [5, 5.41) is 18.5. The zero-order chi connectivity index (χ0) is 14.8. The number of hydrogen-bond acceptors (Lipinski definition) is 3. The molecule has 6 nitrogen and oxygen atoms in total. The molecule has 20 heavy (non-hydrogen) atoms. The van der Waals surface area contributed by atoms with Crippen LogP contribution in [0.5, 0.6) is 0 Å². The van der Waals surface area contributed by atoms with Crippen LogP contribution in [0.3, 0.4) is 0 Å². The minimum absolute atomic E-state index is 0.0477. The monoisotopic (exact) mass is 284 g/mol. The van der Waals surface area contributed by atoms with Gasteiger partial charge in [-0.3, -0.25) is 4.79 Å². The van der Waals surface area contributed by atoms with Gasteiger partial charge in [0.1, 0.15) is 0 Å². The molecule has 6 heteroatoms. The third-order valence-electron chi connectivity index (χ3n) is 4.86. The van der Waals surface area contributed by atoms with Crippen molar-refractivity contribution in [2.75, 3.05) is 26.2 Å². The van der Waals surface area contributed by atoms with Crippen LogP contribution in [0.2, 0.25) is 0 Å². The van der Waals surface area contributed by atoms with Gasteiger partial charge in [-0.1, -0.05) is 6.92 Å². The van der Waals surface area contributed by atoms with Crippen molar-refractivity contribution in [2.24, 2.45) is 5.41 Å². The van der Waals surface area contributed by atoms with Crippen LogP contribution in [-0.4, -0.2) is 64.3 Å². The number of hydrogen-bond donors (Lipinski definition) is 2. The van der Waals surface area contributed by atoms with Crippen molar-refractivity contribution < 1.29 is 19.8 Å². The number of aliphatic hydroxyl groups is 1. The van der Waals surface area contributed by atoms with Gasteiger partial charge in [-0.05, 0) is 32.1 Å². The van der Waals surface area contributed by atoms with E-state index in [9.17, 15) is 14.7 Å². The van der Waals surface area contributed by atoms with Gasteiger partial charge in [-0.15, -0.1) is 0 Å². The molecule has 1 aliphatic heterocycles. The van der Waals surface area contributed by atoms with Gasteiger partial charge in [0.05, 0.1) is 12.0 Å². The lowest BCUT2D eigenvalue weighted by atomic mass is 9.84. The molecule has 2 amide bonds. The second kappa shape index (κ2) is 5.99. The summed E-state index contributed by atoms with van der Waals surface area (Å²) in [7, 11) is 0. The Kier molecular flexibility index (Phi) is 4.52. The van der Waals surface area contributed by atoms with Crippen LogP contribution >= 0.6 is 0 Å². The minimum atomic E-state index is -0.812. The second-order valence-corrected chi connectivity index (χ2v) is 5.89. The molecular weight excluding hydrogens is 260 g/mol. The highest BCUT2D eigenvalue weighted by Crippen LogP contribution is 2.35. The van der Waals surface area contributed by atoms with Crippen LogP contribution in [0.1, 0.15) is 39.0 Å². The van der Waals surface area contributed by atoms with Crippen molar-refractivity contribution in [1.29, 1.82) is 0 Å². The SMILES string of the molecule is CCC1(C(=O)O)CCN(C(=O)N(CCO)C2CCC2)C1. The fourth-order valence-corrected chi connectivity index (χ4v) is 3.07. The van der Waals surface area contributed by atoms with Gasteiger partial charge < -0.3 is 20.0 Å². The summed E-state index contributed by atoms with van der Waals surface area (Å²) in [6.07, 6.45) is 4.14. The maximum Gasteiger partial charge on any atom is 0.320 e. The molecule has 1 unspecified atom stereocenters. The highest BCUT2D eigenvalue weighted by atomic mass is 16.4. The van der Waals surface area contributed by atoms with E-state index in [1.54, 1.807) is 9.80 Å². The Balaban J connectivity index is 2.03. The van der Waals surface area contributed by atoms with Crippen LogP contribution in [0.25, 0.3) is 0 Å². The molecule has 0 bridgehead atoms. The van der Waals surface area contributed by atoms with Crippen molar-refractivity contribution in [1.82, 2.24) is 9.80 Å². The molecule has 2 N–H and O–H groups in total. The standard InChI is InChI=1S/C14H24N2O4/c1-2-14(12(18)19)6-7-15(10-14)13(20)16(8-9-17)11-4-3-5-11/h11,17H,2-10H2,1H3,(H,18,19). The largest absolute Gasteiger partial charge is 0.481 e. The molecule has 0 aromatic carbocycles. The number of rotatable bonds is 5. The number of likely N-dealkylation sites (tertiary alicyclic amines) is 1. The first-order chi connectivity index (χ1) is 9.54. The maximum absolute atomic E-state index is 12.5. The molecular formula is C14H24N2O4. The first-order valence-electron chi connectivity index (χ1n) is 7.44. The summed E-state index contributed by atoms with van der Waals surface area (Å²) in [5.74, 6) is -0.812. The molecule has 0 aromatic heterocycles. The van der Waals surface area contributed by atoms with Crippen molar-refractivity contribution >= 4 is 12.0 Å². The van der Waals surface area contributed by atoms with Gasteiger partial charge in [-0.25, -0.2) is 4.79 Å². The molecule has 1 saturated heterocycles. The lowest BCUT2D eigenvalue weighted by Gasteiger charge is -2.39. The Hall–Kier alpha value is -1.30. The summed E-state index contributed by atoms with van der Waals surface area (Å²) in [4.78, 5) is 27.3. The van der Waals surface area contributed by atoms with Crippen molar-refractivity contribution in [3.63, 3.8) is 0 Å². The van der Waals surface area contributed by atoms with Gasteiger partial charge in [0.2, 0.25) is 0 Å². The molecule has 2 rings (SSSR count). The van der Waals surface area contributed by atoms with Crippen molar-refractivity contribution in [3.05, 3.63) is 0 Å². The number of carboxylic acid groups (broad SMARTS) is 1. The molecule has 2 fully saturated rings. The number of carbonyl (C=O) groups is 2. The zero-order valence-corrected chi connectivity index (χ0v) is 12.0. The molecule has 114 valence electrons. The molecule has 1 heterocycles. The van der Waals surface area contributed by atoms with Gasteiger partial charge >= 0.3 is 12.0 Å². The summed E-state index contributed by atoms with van der Waals surface area (Å²) < 4.78 is 0. The lowest BCUT2D eigenvalue weighted by molar-refractivity contribution is -0.148. The molecule has 0 radical (unpaired) electrons. The number of carbonyl (C=O) groups excluding carboxylic acids is 1. The van der Waals surface area contributed by atoms with E-state index >= 15 is 0 Å². The molecule has 1 atom stereocenters. The Morgan fingerprint density at radius 1 is 1.40 bits per heavy atom. The quantitative estimate of drug-likeness (QED) is 0.793. The van der Waals surface area contributed by atoms with Gasteiger partial charge in [-0.2, -0.15) is 0 Å². The number of nitrogens with zero attached hydrogens (tertiary/aromatic N) is 2. The molecule has 0 aromatic rings. The normalized spacial score (nSPS) is 26.4. The summed E-state index contributed by atoms with van der Waals surface area (Å²) in [6, 6.07) is 0.108. The molecule has 0 spiro atoms. The van der Waals surface area contributed by atoms with E-state index in [4.69, 9.17) is 5.11 Å². The third-order valence-corrected chi connectivity index (χ3v) is 4.86. The molecule has 1 aliphatic carbocycles. The van der Waals surface area contributed by atoms with E-state index in [-0.39, 0.29) is 25.2 Å². The average molecular weight is 284 g/mol. The number of aliphatic hydroxyl groups excluding tert-OH is 1. The number of carboxylic acids is 1. The van der Waals surface area contributed by atoms with E-state index < -0.39 is 11.4 Å². The van der Waals surface area contributed by atoms with Crippen LogP contribution in [-0.2, 0) is 4.79 Å². The summed E-state index contributed by atoms with van der Waals surface area (Å²) in [5.41, 5.74) is -0.792. The predicted octanol–water partition coefficient (Wildman–Crippen LogP) is 1.14. The smallest absolute Gasteiger partial charge is 0.320 e. The second-order valence-electron chi connectivity index (χ2n) is 5.89. The minimum Gasteiger partial charge on any atom is -0.481 e. The van der Waals surface area contributed by atoms with E-state index in [1.165, 1.54) is 0 Å². The highest BCUT2D eigenvalue weighted by Gasteiger charge is 2.46. The fourth-order valence-electron chi connectivity index (χ4n) is 3.07. The Bertz CT molecular complexity index is 383. The summed E-state index contributed by atoms with van der Waals surface area (Å²) >= 11 is 0.